The quantitative estimate of drug-likeness (QED) is 0.151. The predicted molar refractivity (Wildman–Crippen MR) is 220 cm³/mol. The summed E-state index contributed by atoms with van der Waals surface area (Å²) in [6.07, 6.45) is 3.45. The number of halogens is 2. The van der Waals surface area contributed by atoms with E-state index in [2.05, 4.69) is 38.9 Å². The van der Waals surface area contributed by atoms with Crippen molar-refractivity contribution in [3.05, 3.63) is 110 Å². The maximum Gasteiger partial charge on any atom is 0.407 e. The Morgan fingerprint density at radius 1 is 0.945 bits per heavy atom. The number of benzene rings is 3. The Morgan fingerprint density at radius 3 is 2.22 bits per heavy atom. The number of nitrogens with zero attached hydrogens (tertiary/aromatic N) is 5. The van der Waals surface area contributed by atoms with Gasteiger partial charge in [-0.15, -0.1) is 0 Å². The highest BCUT2D eigenvalue weighted by Gasteiger charge is 2.35. The molecule has 3 heterocycles. The SMILES string of the molecule is CC(C)(C)N(C(=O)O)C1CCN(CCCn2nc(-c3ccc(Cl)c(C#Cc4ccc(CNCc5ccc(Cl)cc5)cc4)c3)c3c2CCN(S(C)(=O)=O)C3)CC1. The molecule has 0 atom stereocenters. The van der Waals surface area contributed by atoms with Gasteiger partial charge in [0, 0.05) is 96.8 Å². The van der Waals surface area contributed by atoms with Gasteiger partial charge < -0.3 is 20.2 Å². The first-order valence-corrected chi connectivity index (χ1v) is 21.4. The van der Waals surface area contributed by atoms with E-state index in [0.717, 1.165) is 90.7 Å². The third-order valence-electron chi connectivity index (χ3n) is 10.4. The molecule has 0 radical (unpaired) electrons. The number of aryl methyl sites for hydroxylation is 1. The van der Waals surface area contributed by atoms with Crippen molar-refractivity contribution in [3.8, 4) is 23.1 Å². The van der Waals surface area contributed by atoms with Crippen LogP contribution in [0.25, 0.3) is 11.3 Å². The van der Waals surface area contributed by atoms with E-state index >= 15 is 0 Å². The van der Waals surface area contributed by atoms with Crippen LogP contribution in [0.3, 0.4) is 0 Å². The van der Waals surface area contributed by atoms with Crippen molar-refractivity contribution in [2.75, 3.05) is 32.4 Å². The van der Waals surface area contributed by atoms with E-state index in [1.807, 2.05) is 75.4 Å². The van der Waals surface area contributed by atoms with Crippen molar-refractivity contribution >= 4 is 39.3 Å². The number of nitrogens with one attached hydrogen (secondary N) is 1. The monoisotopic (exact) mass is 804 g/mol. The topological polar surface area (TPSA) is 111 Å². The van der Waals surface area contributed by atoms with E-state index in [-0.39, 0.29) is 12.6 Å². The minimum absolute atomic E-state index is 0.0149. The third kappa shape index (κ3) is 10.5. The zero-order valence-corrected chi connectivity index (χ0v) is 34.3. The van der Waals surface area contributed by atoms with Gasteiger partial charge in [-0.3, -0.25) is 4.68 Å². The number of amides is 1. The molecule has 4 aromatic rings. The summed E-state index contributed by atoms with van der Waals surface area (Å²) in [5.74, 6) is 6.51. The lowest BCUT2D eigenvalue weighted by Crippen LogP contribution is -2.54. The molecule has 0 aliphatic carbocycles. The van der Waals surface area contributed by atoms with Gasteiger partial charge in [-0.05, 0) is 94.1 Å². The van der Waals surface area contributed by atoms with Crippen LogP contribution in [0.15, 0.2) is 66.7 Å². The summed E-state index contributed by atoms with van der Waals surface area (Å²) in [6, 6.07) is 21.6. The number of fused-ring (bicyclic) bond motifs is 1. The fraction of sp³-hybridized carbons (Fsp3) is 0.429. The molecule has 292 valence electrons. The van der Waals surface area contributed by atoms with Gasteiger partial charge in [0.15, 0.2) is 0 Å². The zero-order valence-electron chi connectivity index (χ0n) is 32.0. The number of aromatic nitrogens is 2. The van der Waals surface area contributed by atoms with Gasteiger partial charge in [0.25, 0.3) is 0 Å². The first-order chi connectivity index (χ1) is 26.2. The molecule has 13 heteroatoms. The number of piperidine rings is 1. The van der Waals surface area contributed by atoms with E-state index < -0.39 is 21.7 Å². The van der Waals surface area contributed by atoms with Crippen molar-refractivity contribution in [2.24, 2.45) is 0 Å². The molecule has 2 aliphatic heterocycles. The summed E-state index contributed by atoms with van der Waals surface area (Å²) in [6.45, 7) is 11.2. The van der Waals surface area contributed by atoms with Gasteiger partial charge in [0.1, 0.15) is 0 Å². The van der Waals surface area contributed by atoms with Crippen LogP contribution < -0.4 is 5.32 Å². The summed E-state index contributed by atoms with van der Waals surface area (Å²) < 4.78 is 28.8. The van der Waals surface area contributed by atoms with Crippen LogP contribution in [0.5, 0.6) is 0 Å². The molecular formula is C42H50Cl2N6O4S. The molecule has 6 rings (SSSR count). The second-order valence-corrected chi connectivity index (χ2v) is 18.3. The largest absolute Gasteiger partial charge is 0.465 e. The van der Waals surface area contributed by atoms with Crippen molar-refractivity contribution in [3.63, 3.8) is 0 Å². The summed E-state index contributed by atoms with van der Waals surface area (Å²) in [5, 5.41) is 19.7. The first kappa shape index (κ1) is 40.8. The van der Waals surface area contributed by atoms with Crippen LogP contribution in [0.1, 0.15) is 73.5 Å². The van der Waals surface area contributed by atoms with E-state index in [4.69, 9.17) is 28.3 Å². The van der Waals surface area contributed by atoms with Crippen LogP contribution >= 0.6 is 23.2 Å². The maximum atomic E-state index is 12.6. The van der Waals surface area contributed by atoms with E-state index in [1.54, 1.807) is 4.90 Å². The fourth-order valence-electron chi connectivity index (χ4n) is 7.57. The maximum absolute atomic E-state index is 12.6. The molecule has 2 N–H and O–H groups in total. The van der Waals surface area contributed by atoms with Crippen molar-refractivity contribution in [1.82, 2.24) is 29.2 Å². The number of carbonyl (C=O) groups is 1. The van der Waals surface area contributed by atoms with Gasteiger partial charge in [-0.1, -0.05) is 65.4 Å². The molecule has 0 saturated carbocycles. The Morgan fingerprint density at radius 2 is 1.60 bits per heavy atom. The number of sulfonamides is 1. The van der Waals surface area contributed by atoms with Gasteiger partial charge in [0.05, 0.1) is 17.0 Å². The lowest BCUT2D eigenvalue weighted by Gasteiger charge is -2.43. The van der Waals surface area contributed by atoms with E-state index in [9.17, 15) is 18.3 Å². The number of rotatable bonds is 11. The second kappa shape index (κ2) is 17.5. The van der Waals surface area contributed by atoms with Crippen molar-refractivity contribution in [2.45, 2.75) is 84.2 Å². The molecular weight excluding hydrogens is 755 g/mol. The number of hydrogen-bond donors (Lipinski definition) is 2. The average molecular weight is 806 g/mol. The zero-order chi connectivity index (χ0) is 39.3. The van der Waals surface area contributed by atoms with Gasteiger partial charge >= 0.3 is 6.09 Å². The Kier molecular flexibility index (Phi) is 13.0. The molecule has 1 saturated heterocycles. The van der Waals surface area contributed by atoms with Crippen molar-refractivity contribution < 1.29 is 18.3 Å². The van der Waals surface area contributed by atoms with Crippen LogP contribution in [0.2, 0.25) is 10.0 Å². The Balaban J connectivity index is 1.13. The molecule has 1 fully saturated rings. The van der Waals surface area contributed by atoms with Crippen LogP contribution in [0.4, 0.5) is 4.79 Å². The Hall–Kier alpha value is -3.89. The molecule has 1 amide bonds. The summed E-state index contributed by atoms with van der Waals surface area (Å²) in [4.78, 5) is 16.0. The first-order valence-electron chi connectivity index (χ1n) is 18.8. The van der Waals surface area contributed by atoms with Crippen LogP contribution in [0, 0.1) is 11.8 Å². The fourth-order valence-corrected chi connectivity index (χ4v) is 8.65. The highest BCUT2D eigenvalue weighted by atomic mass is 35.5. The van der Waals surface area contributed by atoms with Gasteiger partial charge in [-0.25, -0.2) is 13.2 Å². The third-order valence-corrected chi connectivity index (χ3v) is 12.2. The summed E-state index contributed by atoms with van der Waals surface area (Å²) in [7, 11) is -3.39. The highest BCUT2D eigenvalue weighted by Crippen LogP contribution is 2.33. The second-order valence-electron chi connectivity index (χ2n) is 15.5. The van der Waals surface area contributed by atoms with Crippen LogP contribution in [-0.4, -0.2) is 87.5 Å². The predicted octanol–water partition coefficient (Wildman–Crippen LogP) is 7.50. The molecule has 10 nitrogen and oxygen atoms in total. The van der Waals surface area contributed by atoms with Crippen molar-refractivity contribution in [1.29, 1.82) is 0 Å². The Labute approximate surface area is 335 Å². The molecule has 0 bridgehead atoms. The van der Waals surface area contributed by atoms with E-state index in [1.165, 1.54) is 16.1 Å². The molecule has 3 aromatic carbocycles. The molecule has 0 spiro atoms. The normalized spacial score (nSPS) is 15.7. The smallest absolute Gasteiger partial charge is 0.407 e. The molecule has 55 heavy (non-hydrogen) atoms. The van der Waals surface area contributed by atoms with Gasteiger partial charge in [-0.2, -0.15) is 9.40 Å². The number of likely N-dealkylation sites (tertiary alicyclic amines) is 1. The number of hydrogen-bond acceptors (Lipinski definition) is 6. The molecule has 1 aromatic heterocycles. The standard InChI is InChI=1S/C42H50Cl2N6O4S/c1-42(2,3)50(41(51)52)36-18-23-47(24-19-36)21-5-22-49-39-20-25-48(55(4,53)54)29-37(39)40(46-49)34-14-17-38(44)33(26-34)13-10-30-6-8-31(9-7-30)27-45-28-32-11-15-35(43)16-12-32/h6-9,11-12,14-17,26,36,45H,5,18-25,27-29H2,1-4H3,(H,51,52). The summed E-state index contributed by atoms with van der Waals surface area (Å²) in [5.41, 5.74) is 6.97. The van der Waals surface area contributed by atoms with E-state index in [0.29, 0.717) is 30.1 Å². The van der Waals surface area contributed by atoms with Crippen LogP contribution in [-0.2, 0) is 42.6 Å². The molecule has 0 unspecified atom stereocenters. The molecule has 2 aliphatic rings. The average Bonchev–Trinajstić information content (AvgIpc) is 3.50. The summed E-state index contributed by atoms with van der Waals surface area (Å²) >= 11 is 12.7. The minimum atomic E-state index is -3.39. The highest BCUT2D eigenvalue weighted by molar-refractivity contribution is 7.88. The minimum Gasteiger partial charge on any atom is -0.465 e. The lowest BCUT2D eigenvalue weighted by atomic mass is 9.97. The van der Waals surface area contributed by atoms with Gasteiger partial charge in [0.2, 0.25) is 10.0 Å². The number of carboxylic acid groups (broad SMARTS) is 1. The lowest BCUT2D eigenvalue weighted by molar-refractivity contribution is 0.0418. The Bertz CT molecular complexity index is 2150.